The van der Waals surface area contributed by atoms with Crippen molar-refractivity contribution >= 4 is 27.5 Å². The summed E-state index contributed by atoms with van der Waals surface area (Å²) in [6, 6.07) is 2.48. The maximum atomic E-state index is 15.7. The zero-order chi connectivity index (χ0) is 19.7. The number of rotatable bonds is 2. The van der Waals surface area contributed by atoms with Gasteiger partial charge in [-0.2, -0.15) is 0 Å². The molecule has 2 aliphatic rings. The van der Waals surface area contributed by atoms with Crippen LogP contribution in [0.25, 0.3) is 21.8 Å². The number of nitrogens with one attached hydrogen (secondary N) is 1. The van der Waals surface area contributed by atoms with Gasteiger partial charge in [-0.3, -0.25) is 9.59 Å². The number of hydrogen-bond donors (Lipinski definition) is 2. The molecule has 146 valence electrons. The summed E-state index contributed by atoms with van der Waals surface area (Å²) < 4.78 is 32.4. The van der Waals surface area contributed by atoms with Crippen molar-refractivity contribution in [3.8, 4) is 0 Å². The summed E-state index contributed by atoms with van der Waals surface area (Å²) in [4.78, 5) is 29.3. The molecule has 0 unspecified atom stereocenters. The summed E-state index contributed by atoms with van der Waals surface area (Å²) in [5.74, 6) is -1.46. The van der Waals surface area contributed by atoms with E-state index in [0.29, 0.717) is 18.6 Å². The molecule has 0 bridgehead atoms. The molecule has 1 aliphatic heterocycles. The molecule has 1 saturated carbocycles. The Labute approximate surface area is 158 Å². The van der Waals surface area contributed by atoms with E-state index in [1.54, 1.807) is 15.5 Å². The Morgan fingerprint density at radius 2 is 1.96 bits per heavy atom. The Balaban J connectivity index is 1.91. The van der Waals surface area contributed by atoms with Gasteiger partial charge >= 0.3 is 0 Å². The molecule has 6 nitrogen and oxygen atoms in total. The topological polar surface area (TPSA) is 84.1 Å². The standard InChI is InChI=1S/C20H20F2N4O2/c1-9-7-25(8-13(9)23)18-12(21)6-11-17(16(18)22)26(10-2-3-10)14-4-5-24-20(28)15(14)19(11)27/h4-6,9-10,13H,2-3,7-8,23H2,1H3,(H,24,28)/t9-,13-/m1/s1. The van der Waals surface area contributed by atoms with Crippen molar-refractivity contribution in [2.45, 2.75) is 31.8 Å². The zero-order valence-corrected chi connectivity index (χ0v) is 15.3. The maximum absolute atomic E-state index is 15.7. The van der Waals surface area contributed by atoms with Crippen molar-refractivity contribution in [2.75, 3.05) is 18.0 Å². The Hall–Kier alpha value is -2.74. The van der Waals surface area contributed by atoms with Gasteiger partial charge in [-0.25, -0.2) is 8.78 Å². The van der Waals surface area contributed by atoms with E-state index in [-0.39, 0.29) is 40.0 Å². The first-order chi connectivity index (χ1) is 13.4. The molecule has 0 spiro atoms. The molecule has 2 fully saturated rings. The van der Waals surface area contributed by atoms with E-state index in [2.05, 4.69) is 4.98 Å². The molecule has 2 atom stereocenters. The molecule has 28 heavy (non-hydrogen) atoms. The monoisotopic (exact) mass is 386 g/mol. The third kappa shape index (κ3) is 2.33. The number of nitrogens with zero attached hydrogens (tertiary/aromatic N) is 2. The highest BCUT2D eigenvalue weighted by Crippen LogP contribution is 2.41. The van der Waals surface area contributed by atoms with Crippen LogP contribution in [0.4, 0.5) is 14.5 Å². The molecule has 1 aromatic carbocycles. The number of anilines is 1. The van der Waals surface area contributed by atoms with Gasteiger partial charge < -0.3 is 20.2 Å². The normalized spacial score (nSPS) is 22.5. The van der Waals surface area contributed by atoms with Crippen molar-refractivity contribution in [3.05, 3.63) is 50.5 Å². The largest absolute Gasteiger partial charge is 0.365 e. The van der Waals surface area contributed by atoms with Crippen molar-refractivity contribution in [1.82, 2.24) is 9.55 Å². The van der Waals surface area contributed by atoms with E-state index in [4.69, 9.17) is 5.73 Å². The first-order valence-electron chi connectivity index (χ1n) is 9.46. The highest BCUT2D eigenvalue weighted by Gasteiger charge is 2.34. The second-order valence-electron chi connectivity index (χ2n) is 7.96. The minimum Gasteiger partial charge on any atom is -0.365 e. The summed E-state index contributed by atoms with van der Waals surface area (Å²) in [7, 11) is 0. The van der Waals surface area contributed by atoms with Gasteiger partial charge in [-0.1, -0.05) is 6.92 Å². The van der Waals surface area contributed by atoms with Crippen molar-refractivity contribution in [3.63, 3.8) is 0 Å². The molecule has 1 saturated heterocycles. The summed E-state index contributed by atoms with van der Waals surface area (Å²) in [5.41, 5.74) is 5.13. The van der Waals surface area contributed by atoms with E-state index in [9.17, 15) is 14.0 Å². The molecule has 3 heterocycles. The first-order valence-corrected chi connectivity index (χ1v) is 9.46. The molecule has 0 radical (unpaired) electrons. The lowest BCUT2D eigenvalue weighted by molar-refractivity contribution is 0.564. The maximum Gasteiger partial charge on any atom is 0.261 e. The molecular weight excluding hydrogens is 366 g/mol. The van der Waals surface area contributed by atoms with Crippen LogP contribution in [0.3, 0.4) is 0 Å². The number of nitrogens with two attached hydrogens (primary N) is 1. The summed E-state index contributed by atoms with van der Waals surface area (Å²) >= 11 is 0. The summed E-state index contributed by atoms with van der Waals surface area (Å²) in [6.45, 7) is 2.74. The number of fused-ring (bicyclic) bond motifs is 2. The Morgan fingerprint density at radius 1 is 1.21 bits per heavy atom. The molecule has 1 aliphatic carbocycles. The van der Waals surface area contributed by atoms with E-state index in [0.717, 1.165) is 18.9 Å². The molecule has 2 aromatic heterocycles. The fourth-order valence-corrected chi connectivity index (χ4v) is 4.33. The minimum absolute atomic E-state index is 0.0139. The quantitative estimate of drug-likeness (QED) is 0.662. The van der Waals surface area contributed by atoms with Gasteiger partial charge in [-0.15, -0.1) is 0 Å². The van der Waals surface area contributed by atoms with Crippen LogP contribution < -0.4 is 21.6 Å². The lowest BCUT2D eigenvalue weighted by Crippen LogP contribution is -2.29. The SMILES string of the molecule is C[C@@H]1CN(c2c(F)cc3c(=O)c4c(=O)[nH]ccc4n(C4CC4)c3c2F)C[C@H]1N. The van der Waals surface area contributed by atoms with Gasteiger partial charge in [0.25, 0.3) is 5.56 Å². The van der Waals surface area contributed by atoms with Crippen molar-refractivity contribution < 1.29 is 8.78 Å². The van der Waals surface area contributed by atoms with Crippen LogP contribution in [0.2, 0.25) is 0 Å². The molecule has 3 N–H and O–H groups in total. The van der Waals surface area contributed by atoms with Gasteiger partial charge in [0, 0.05) is 31.4 Å². The van der Waals surface area contributed by atoms with E-state index < -0.39 is 22.6 Å². The van der Waals surface area contributed by atoms with Crippen LogP contribution in [0.5, 0.6) is 0 Å². The molecule has 8 heteroatoms. The highest BCUT2D eigenvalue weighted by atomic mass is 19.1. The second-order valence-corrected chi connectivity index (χ2v) is 7.96. The molecule has 5 rings (SSSR count). The number of benzene rings is 1. The predicted molar refractivity (Wildman–Crippen MR) is 104 cm³/mol. The third-order valence-electron chi connectivity index (χ3n) is 5.98. The van der Waals surface area contributed by atoms with Crippen LogP contribution in [0, 0.1) is 17.6 Å². The average Bonchev–Trinajstić information content (AvgIpc) is 3.42. The van der Waals surface area contributed by atoms with Gasteiger partial charge in [0.15, 0.2) is 5.82 Å². The number of halogens is 2. The van der Waals surface area contributed by atoms with E-state index in [1.807, 2.05) is 6.92 Å². The van der Waals surface area contributed by atoms with Crippen molar-refractivity contribution in [1.29, 1.82) is 0 Å². The van der Waals surface area contributed by atoms with E-state index in [1.165, 1.54) is 6.20 Å². The lowest BCUT2D eigenvalue weighted by atomic mass is 10.1. The van der Waals surface area contributed by atoms with Crippen LogP contribution in [0.1, 0.15) is 25.8 Å². The molecule has 0 amide bonds. The van der Waals surface area contributed by atoms with Crippen LogP contribution >= 0.6 is 0 Å². The fourth-order valence-electron chi connectivity index (χ4n) is 4.33. The van der Waals surface area contributed by atoms with E-state index >= 15 is 4.39 Å². The highest BCUT2D eigenvalue weighted by molar-refractivity contribution is 5.95. The zero-order valence-electron chi connectivity index (χ0n) is 15.3. The Morgan fingerprint density at radius 3 is 2.61 bits per heavy atom. The number of H-pyrrole nitrogens is 1. The number of aromatic nitrogens is 2. The predicted octanol–water partition coefficient (Wildman–Crippen LogP) is 2.24. The lowest BCUT2D eigenvalue weighted by Gasteiger charge is -2.22. The number of aromatic amines is 1. The smallest absolute Gasteiger partial charge is 0.261 e. The van der Waals surface area contributed by atoms with Crippen molar-refractivity contribution in [2.24, 2.45) is 11.7 Å². The Bertz CT molecular complexity index is 1240. The number of hydrogen-bond acceptors (Lipinski definition) is 4. The van der Waals surface area contributed by atoms with Crippen LogP contribution in [-0.2, 0) is 0 Å². The fraction of sp³-hybridized carbons (Fsp3) is 0.400. The van der Waals surface area contributed by atoms with Gasteiger partial charge in [0.1, 0.15) is 16.9 Å². The molecule has 3 aromatic rings. The second kappa shape index (κ2) is 5.88. The third-order valence-corrected chi connectivity index (χ3v) is 5.98. The Kier molecular flexibility index (Phi) is 3.64. The van der Waals surface area contributed by atoms with Crippen LogP contribution in [-0.4, -0.2) is 28.7 Å². The van der Waals surface area contributed by atoms with Gasteiger partial charge in [-0.05, 0) is 30.9 Å². The minimum atomic E-state index is -0.808. The summed E-state index contributed by atoms with van der Waals surface area (Å²) in [6.07, 6.45) is 3.08. The average molecular weight is 386 g/mol. The molecular formula is C20H20F2N4O2. The summed E-state index contributed by atoms with van der Waals surface area (Å²) in [5, 5.41) is -0.170. The van der Waals surface area contributed by atoms with Crippen LogP contribution in [0.15, 0.2) is 27.9 Å². The van der Waals surface area contributed by atoms with Gasteiger partial charge in [0.2, 0.25) is 5.43 Å². The number of pyridine rings is 2. The first kappa shape index (κ1) is 17.4. The van der Waals surface area contributed by atoms with Gasteiger partial charge in [0.05, 0.1) is 16.4 Å².